The summed E-state index contributed by atoms with van der Waals surface area (Å²) in [4.78, 5) is 41.9. The molecule has 0 aliphatic carbocycles. The number of anilines is 1. The van der Waals surface area contributed by atoms with Crippen LogP contribution in [0.15, 0.2) is 18.3 Å². The second kappa shape index (κ2) is 7.72. The van der Waals surface area contributed by atoms with Gasteiger partial charge < -0.3 is 20.3 Å². The maximum atomic E-state index is 12.5. The van der Waals surface area contributed by atoms with Crippen LogP contribution in [0.4, 0.5) is 10.6 Å². The average Bonchev–Trinajstić information content (AvgIpc) is 2.48. The summed E-state index contributed by atoms with van der Waals surface area (Å²) in [5.74, 6) is -0.544. The number of nitrogens with one attached hydrogen (secondary N) is 2. The fourth-order valence-corrected chi connectivity index (χ4v) is 2.26. The Kier molecular flexibility index (Phi) is 5.84. The summed E-state index contributed by atoms with van der Waals surface area (Å²) in [6.45, 7) is 9.70. The van der Waals surface area contributed by atoms with E-state index in [-0.39, 0.29) is 35.2 Å². The van der Waals surface area contributed by atoms with Gasteiger partial charge in [-0.05, 0) is 32.9 Å². The van der Waals surface area contributed by atoms with Crippen LogP contribution >= 0.6 is 0 Å². The number of hydrogen-bond acceptors (Lipinski definition) is 5. The summed E-state index contributed by atoms with van der Waals surface area (Å²) in [6.07, 6.45) is 1.12. The van der Waals surface area contributed by atoms with E-state index in [1.807, 2.05) is 0 Å². The number of aromatic nitrogens is 1. The third-order valence-corrected chi connectivity index (χ3v) is 3.69. The molecule has 142 valence electrons. The molecule has 1 saturated heterocycles. The lowest BCUT2D eigenvalue weighted by Gasteiger charge is -2.40. The molecule has 1 aromatic heterocycles. The molecule has 1 aliphatic heterocycles. The Labute approximate surface area is 153 Å². The molecular formula is C18H26N4O4. The highest BCUT2D eigenvalue weighted by Crippen LogP contribution is 2.17. The van der Waals surface area contributed by atoms with Crippen molar-refractivity contribution >= 4 is 23.7 Å². The normalized spacial score (nSPS) is 14.6. The predicted molar refractivity (Wildman–Crippen MR) is 96.8 cm³/mol. The molecule has 2 N–H and O–H groups in total. The number of hydrogen-bond donors (Lipinski definition) is 2. The van der Waals surface area contributed by atoms with E-state index in [2.05, 4.69) is 15.6 Å². The first kappa shape index (κ1) is 19.7. The molecule has 0 saturated carbocycles. The van der Waals surface area contributed by atoms with Gasteiger partial charge in [-0.15, -0.1) is 0 Å². The lowest BCUT2D eigenvalue weighted by molar-refractivity contribution is -0.118. The van der Waals surface area contributed by atoms with Crippen LogP contribution in [-0.4, -0.2) is 52.5 Å². The van der Waals surface area contributed by atoms with Gasteiger partial charge in [-0.1, -0.05) is 13.8 Å². The van der Waals surface area contributed by atoms with E-state index >= 15 is 0 Å². The molecule has 0 spiro atoms. The molecule has 8 nitrogen and oxygen atoms in total. The van der Waals surface area contributed by atoms with Crippen LogP contribution in [0.2, 0.25) is 0 Å². The molecule has 2 heterocycles. The van der Waals surface area contributed by atoms with Crippen molar-refractivity contribution in [1.82, 2.24) is 15.2 Å². The summed E-state index contributed by atoms with van der Waals surface area (Å²) in [6, 6.07) is 3.07. The van der Waals surface area contributed by atoms with Crippen LogP contribution in [0, 0.1) is 5.92 Å². The van der Waals surface area contributed by atoms with Gasteiger partial charge in [0, 0.05) is 25.2 Å². The highest BCUT2D eigenvalue weighted by Gasteiger charge is 2.35. The van der Waals surface area contributed by atoms with E-state index in [0.29, 0.717) is 13.1 Å². The van der Waals surface area contributed by atoms with Gasteiger partial charge in [0.2, 0.25) is 5.91 Å². The summed E-state index contributed by atoms with van der Waals surface area (Å²) >= 11 is 0. The predicted octanol–water partition coefficient (Wildman–Crippen LogP) is 2.03. The molecule has 0 radical (unpaired) electrons. The number of nitrogens with zero attached hydrogens (tertiary/aromatic N) is 2. The van der Waals surface area contributed by atoms with Gasteiger partial charge in [0.1, 0.15) is 11.4 Å². The molecule has 1 aliphatic rings. The summed E-state index contributed by atoms with van der Waals surface area (Å²) in [7, 11) is 0. The fourth-order valence-electron chi connectivity index (χ4n) is 2.26. The van der Waals surface area contributed by atoms with Crippen LogP contribution in [-0.2, 0) is 9.53 Å². The third-order valence-electron chi connectivity index (χ3n) is 3.69. The number of amides is 3. The molecule has 26 heavy (non-hydrogen) atoms. The lowest BCUT2D eigenvalue weighted by Crippen LogP contribution is -2.61. The Morgan fingerprint density at radius 2 is 1.92 bits per heavy atom. The summed E-state index contributed by atoms with van der Waals surface area (Å²) < 4.78 is 5.28. The van der Waals surface area contributed by atoms with Crippen LogP contribution < -0.4 is 10.6 Å². The van der Waals surface area contributed by atoms with Gasteiger partial charge in [0.15, 0.2) is 0 Å². The van der Waals surface area contributed by atoms with Crippen molar-refractivity contribution in [3.63, 3.8) is 0 Å². The first-order valence-electron chi connectivity index (χ1n) is 8.61. The minimum absolute atomic E-state index is 0.163. The molecule has 2 rings (SSSR count). The Bertz CT molecular complexity index is 691. The summed E-state index contributed by atoms with van der Waals surface area (Å²) in [5.41, 5.74) is -0.262. The Morgan fingerprint density at radius 3 is 2.50 bits per heavy atom. The quantitative estimate of drug-likeness (QED) is 0.853. The maximum absolute atomic E-state index is 12.5. The minimum atomic E-state index is -0.551. The topological polar surface area (TPSA) is 101 Å². The van der Waals surface area contributed by atoms with Crippen molar-refractivity contribution in [3.05, 3.63) is 23.9 Å². The number of pyridine rings is 1. The first-order chi connectivity index (χ1) is 12.1. The fraction of sp³-hybridized carbons (Fsp3) is 0.556. The van der Waals surface area contributed by atoms with E-state index in [0.717, 1.165) is 0 Å². The van der Waals surface area contributed by atoms with Gasteiger partial charge in [-0.3, -0.25) is 9.59 Å². The Morgan fingerprint density at radius 1 is 1.27 bits per heavy atom. The minimum Gasteiger partial charge on any atom is -0.444 e. The van der Waals surface area contributed by atoms with E-state index in [1.54, 1.807) is 46.8 Å². The summed E-state index contributed by atoms with van der Waals surface area (Å²) in [5, 5.41) is 5.50. The van der Waals surface area contributed by atoms with Crippen molar-refractivity contribution in [2.45, 2.75) is 46.3 Å². The number of likely N-dealkylation sites (tertiary alicyclic amines) is 1. The Hall–Kier alpha value is -2.64. The molecule has 1 fully saturated rings. The van der Waals surface area contributed by atoms with Gasteiger partial charge in [-0.2, -0.15) is 0 Å². The van der Waals surface area contributed by atoms with E-state index in [1.165, 1.54) is 11.1 Å². The van der Waals surface area contributed by atoms with Crippen molar-refractivity contribution in [1.29, 1.82) is 0 Å². The number of carbonyl (C=O) groups is 3. The second-order valence-electron chi connectivity index (χ2n) is 7.60. The van der Waals surface area contributed by atoms with Gasteiger partial charge in [0.25, 0.3) is 5.91 Å². The van der Waals surface area contributed by atoms with E-state index in [4.69, 9.17) is 4.74 Å². The first-order valence-corrected chi connectivity index (χ1v) is 8.61. The van der Waals surface area contributed by atoms with Crippen LogP contribution in [0.1, 0.15) is 45.0 Å². The third kappa shape index (κ3) is 5.18. The Balaban J connectivity index is 1.92. The lowest BCUT2D eigenvalue weighted by atomic mass is 10.1. The molecular weight excluding hydrogens is 336 g/mol. The van der Waals surface area contributed by atoms with Crippen LogP contribution in [0.3, 0.4) is 0 Å². The highest BCUT2D eigenvalue weighted by molar-refractivity contribution is 6.03. The van der Waals surface area contributed by atoms with Crippen molar-refractivity contribution in [2.24, 2.45) is 5.92 Å². The SMILES string of the molecule is CC(C)C(=O)Nc1ncccc1C(=O)NC1CN(C(=O)OC(C)(C)C)C1. The van der Waals surface area contributed by atoms with Crippen LogP contribution in [0.5, 0.6) is 0 Å². The smallest absolute Gasteiger partial charge is 0.410 e. The second-order valence-corrected chi connectivity index (χ2v) is 7.60. The van der Waals surface area contributed by atoms with E-state index in [9.17, 15) is 14.4 Å². The van der Waals surface area contributed by atoms with Crippen molar-refractivity contribution in [3.8, 4) is 0 Å². The molecule has 0 aromatic carbocycles. The zero-order chi connectivity index (χ0) is 19.5. The molecule has 1 aromatic rings. The molecule has 0 unspecified atom stereocenters. The zero-order valence-electron chi connectivity index (χ0n) is 15.8. The van der Waals surface area contributed by atoms with Gasteiger partial charge in [0.05, 0.1) is 11.6 Å². The van der Waals surface area contributed by atoms with E-state index < -0.39 is 11.7 Å². The number of carbonyl (C=O) groups excluding carboxylic acids is 3. The highest BCUT2D eigenvalue weighted by atomic mass is 16.6. The maximum Gasteiger partial charge on any atom is 0.410 e. The monoisotopic (exact) mass is 362 g/mol. The zero-order valence-corrected chi connectivity index (χ0v) is 15.8. The molecule has 0 atom stereocenters. The number of rotatable bonds is 4. The van der Waals surface area contributed by atoms with Crippen molar-refractivity contribution in [2.75, 3.05) is 18.4 Å². The van der Waals surface area contributed by atoms with Gasteiger partial charge in [-0.25, -0.2) is 9.78 Å². The molecule has 8 heteroatoms. The molecule has 0 bridgehead atoms. The van der Waals surface area contributed by atoms with Crippen molar-refractivity contribution < 1.29 is 19.1 Å². The number of ether oxygens (including phenoxy) is 1. The standard InChI is InChI=1S/C18H26N4O4/c1-11(2)15(23)21-14-13(7-6-8-19-14)16(24)20-12-9-22(10-12)17(25)26-18(3,4)5/h6-8,11-12H,9-10H2,1-5H3,(H,20,24)(H,19,21,23). The molecule has 3 amide bonds. The largest absolute Gasteiger partial charge is 0.444 e. The van der Waals surface area contributed by atoms with Gasteiger partial charge >= 0.3 is 6.09 Å². The average molecular weight is 362 g/mol. The van der Waals surface area contributed by atoms with Crippen LogP contribution in [0.25, 0.3) is 0 Å².